The van der Waals surface area contributed by atoms with E-state index >= 15 is 0 Å². The third-order valence-electron chi connectivity index (χ3n) is 19.1. The standard InChI is InChI=1S/C82H160O17P2/c1-8-9-10-11-12-13-14-15-16-17-18-19-23-26-29-32-35-41-49-56-63-79(84)92-69-77(98-81(86)65-58-51-42-36-33-30-27-24-21-20-22-25-28-31-34-39-46-53-60-73(2)3)71-96-100(88,89)94-67-76(83)68-95-101(90,91)97-72-78(70-93-80(85)64-57-50-45-44-48-55-62-75(6)7)99-82(87)66-59-52-43-38-37-40-47-54-61-74(4)5/h73-78,83H,8-72H2,1-7H3,(H,88,89)(H,90,91)/t76-,77-,78-/m1/s1. The van der Waals surface area contributed by atoms with E-state index in [-0.39, 0.29) is 25.7 Å². The number of aliphatic hydroxyl groups is 1. The fraction of sp³-hybridized carbons (Fsp3) is 0.951. The van der Waals surface area contributed by atoms with Gasteiger partial charge in [0.25, 0.3) is 0 Å². The van der Waals surface area contributed by atoms with E-state index in [1.54, 1.807) is 0 Å². The SMILES string of the molecule is CCCCCCCCCCCCCCCCCCCCCCC(=O)OC[C@H](COP(=O)(O)OC[C@@H](O)COP(=O)(O)OC[C@@H](COC(=O)CCCCCCCCC(C)C)OC(=O)CCCCCCCCCCC(C)C)OC(=O)CCCCCCCCCCCCCCCCCCCCC(C)C. The van der Waals surface area contributed by atoms with Gasteiger partial charge in [0, 0.05) is 25.7 Å². The molecular formula is C82H160O17P2. The Balaban J connectivity index is 5.18. The molecule has 0 heterocycles. The zero-order valence-electron chi connectivity index (χ0n) is 66.4. The molecule has 2 unspecified atom stereocenters. The number of aliphatic hydroxyl groups excluding tert-OH is 1. The molecule has 0 aromatic carbocycles. The lowest BCUT2D eigenvalue weighted by molar-refractivity contribution is -0.161. The second-order valence-corrected chi connectivity index (χ2v) is 33.8. The van der Waals surface area contributed by atoms with Gasteiger partial charge in [-0.25, -0.2) is 9.13 Å². The number of hydrogen-bond acceptors (Lipinski definition) is 15. The molecule has 0 spiro atoms. The van der Waals surface area contributed by atoms with Crippen molar-refractivity contribution in [3.8, 4) is 0 Å². The summed E-state index contributed by atoms with van der Waals surface area (Å²) in [6.45, 7) is 11.8. The third-order valence-corrected chi connectivity index (χ3v) is 21.0. The normalized spacial score (nSPS) is 14.0. The maximum absolute atomic E-state index is 13.1. The molecule has 5 atom stereocenters. The van der Waals surface area contributed by atoms with Gasteiger partial charge in [-0.2, -0.15) is 0 Å². The summed E-state index contributed by atoms with van der Waals surface area (Å²) in [5, 5.41) is 10.6. The van der Waals surface area contributed by atoms with Crippen molar-refractivity contribution in [1.29, 1.82) is 0 Å². The molecule has 0 fully saturated rings. The number of esters is 4. The third kappa shape index (κ3) is 76.1. The Labute approximate surface area is 619 Å². The number of ether oxygens (including phenoxy) is 4. The van der Waals surface area contributed by atoms with E-state index in [1.165, 1.54) is 231 Å². The van der Waals surface area contributed by atoms with E-state index in [0.717, 1.165) is 108 Å². The Morgan fingerprint density at radius 2 is 0.455 bits per heavy atom. The molecule has 0 bridgehead atoms. The van der Waals surface area contributed by atoms with Gasteiger partial charge < -0.3 is 33.8 Å². The van der Waals surface area contributed by atoms with Crippen LogP contribution in [0.3, 0.4) is 0 Å². The minimum Gasteiger partial charge on any atom is -0.462 e. The monoisotopic (exact) mass is 1480 g/mol. The maximum Gasteiger partial charge on any atom is 0.472 e. The fourth-order valence-corrected chi connectivity index (χ4v) is 14.2. The topological polar surface area (TPSA) is 237 Å². The van der Waals surface area contributed by atoms with Crippen molar-refractivity contribution in [2.45, 2.75) is 446 Å². The number of phosphoric acid groups is 2. The average molecular weight is 1480 g/mol. The Kier molecular flexibility index (Phi) is 70.9. The quantitative estimate of drug-likeness (QED) is 0.0222. The summed E-state index contributed by atoms with van der Waals surface area (Å²) in [5.74, 6) is 0.102. The molecule has 0 saturated carbocycles. The maximum atomic E-state index is 13.1. The molecule has 0 amide bonds. The molecule has 0 rings (SSSR count). The highest BCUT2D eigenvalue weighted by Gasteiger charge is 2.30. The number of hydrogen-bond donors (Lipinski definition) is 3. The van der Waals surface area contributed by atoms with Gasteiger partial charge in [0.15, 0.2) is 12.2 Å². The van der Waals surface area contributed by atoms with E-state index in [1.807, 2.05) is 0 Å². The number of phosphoric ester groups is 2. The summed E-state index contributed by atoms with van der Waals surface area (Å²) >= 11 is 0. The molecule has 0 aliphatic heterocycles. The minimum absolute atomic E-state index is 0.104. The first kappa shape index (κ1) is 99.1. The average Bonchev–Trinajstić information content (AvgIpc) is 1.41. The van der Waals surface area contributed by atoms with Crippen molar-refractivity contribution in [3.63, 3.8) is 0 Å². The Morgan fingerprint density at radius 1 is 0.267 bits per heavy atom. The second kappa shape index (κ2) is 72.3. The van der Waals surface area contributed by atoms with Crippen molar-refractivity contribution in [2.24, 2.45) is 17.8 Å². The largest absolute Gasteiger partial charge is 0.472 e. The van der Waals surface area contributed by atoms with Gasteiger partial charge >= 0.3 is 39.5 Å². The van der Waals surface area contributed by atoms with Crippen LogP contribution < -0.4 is 0 Å². The van der Waals surface area contributed by atoms with Crippen LogP contribution in [0, 0.1) is 17.8 Å². The molecule has 0 aromatic rings. The summed E-state index contributed by atoms with van der Waals surface area (Å²) in [5.41, 5.74) is 0. The molecule has 3 N–H and O–H groups in total. The Morgan fingerprint density at radius 3 is 0.673 bits per heavy atom. The highest BCUT2D eigenvalue weighted by molar-refractivity contribution is 7.47. The molecule has 0 aliphatic rings. The summed E-state index contributed by atoms with van der Waals surface area (Å²) in [6.07, 6.45) is 61.5. The van der Waals surface area contributed by atoms with E-state index in [2.05, 4.69) is 48.5 Å². The van der Waals surface area contributed by atoms with E-state index in [9.17, 15) is 43.2 Å². The molecule has 0 saturated heterocycles. The Bertz CT molecular complexity index is 1960. The molecular weight excluding hydrogens is 1320 g/mol. The van der Waals surface area contributed by atoms with Crippen molar-refractivity contribution in [2.75, 3.05) is 39.6 Å². The van der Waals surface area contributed by atoms with Crippen LogP contribution in [0.2, 0.25) is 0 Å². The van der Waals surface area contributed by atoms with E-state index in [4.69, 9.17) is 37.0 Å². The minimum atomic E-state index is -4.96. The summed E-state index contributed by atoms with van der Waals surface area (Å²) in [4.78, 5) is 72.9. The summed E-state index contributed by atoms with van der Waals surface area (Å²) < 4.78 is 68.6. The van der Waals surface area contributed by atoms with E-state index < -0.39 is 97.5 Å². The lowest BCUT2D eigenvalue weighted by Gasteiger charge is -2.21. The van der Waals surface area contributed by atoms with Crippen LogP contribution >= 0.6 is 15.6 Å². The van der Waals surface area contributed by atoms with Gasteiger partial charge in [0.2, 0.25) is 0 Å². The van der Waals surface area contributed by atoms with Crippen LogP contribution in [0.1, 0.15) is 427 Å². The Hall–Kier alpha value is -1.94. The number of carbonyl (C=O) groups excluding carboxylic acids is 4. The molecule has 0 aromatic heterocycles. The summed E-state index contributed by atoms with van der Waals surface area (Å²) in [7, 11) is -9.92. The molecule has 0 radical (unpaired) electrons. The first-order valence-electron chi connectivity index (χ1n) is 42.3. The molecule has 19 heteroatoms. The number of rotatable bonds is 80. The number of unbranched alkanes of at least 4 members (excludes halogenated alkanes) is 48. The van der Waals surface area contributed by atoms with Crippen LogP contribution in [0.5, 0.6) is 0 Å². The highest BCUT2D eigenvalue weighted by atomic mass is 31.2. The molecule has 101 heavy (non-hydrogen) atoms. The first-order valence-corrected chi connectivity index (χ1v) is 45.3. The number of carbonyl (C=O) groups is 4. The van der Waals surface area contributed by atoms with Gasteiger partial charge in [0.05, 0.1) is 26.4 Å². The molecule has 600 valence electrons. The fourth-order valence-electron chi connectivity index (χ4n) is 12.7. The van der Waals surface area contributed by atoms with Crippen LogP contribution in [-0.4, -0.2) is 96.7 Å². The van der Waals surface area contributed by atoms with Crippen LogP contribution in [0.4, 0.5) is 0 Å². The second-order valence-electron chi connectivity index (χ2n) is 30.9. The predicted octanol–water partition coefficient (Wildman–Crippen LogP) is 24.5. The van der Waals surface area contributed by atoms with Crippen LogP contribution in [-0.2, 0) is 65.4 Å². The molecule has 17 nitrogen and oxygen atoms in total. The lowest BCUT2D eigenvalue weighted by atomic mass is 10.0. The van der Waals surface area contributed by atoms with Gasteiger partial charge in [-0.15, -0.1) is 0 Å². The van der Waals surface area contributed by atoms with E-state index in [0.29, 0.717) is 31.6 Å². The van der Waals surface area contributed by atoms with Gasteiger partial charge in [-0.05, 0) is 43.4 Å². The van der Waals surface area contributed by atoms with Gasteiger partial charge in [0.1, 0.15) is 19.3 Å². The van der Waals surface area contributed by atoms with Crippen molar-refractivity contribution in [1.82, 2.24) is 0 Å². The van der Waals surface area contributed by atoms with Gasteiger partial charge in [-0.1, -0.05) is 376 Å². The van der Waals surface area contributed by atoms with Crippen molar-refractivity contribution in [3.05, 3.63) is 0 Å². The van der Waals surface area contributed by atoms with Gasteiger partial charge in [-0.3, -0.25) is 37.3 Å². The molecule has 0 aliphatic carbocycles. The first-order chi connectivity index (χ1) is 48.7. The highest BCUT2D eigenvalue weighted by Crippen LogP contribution is 2.45. The predicted molar refractivity (Wildman–Crippen MR) is 414 cm³/mol. The zero-order chi connectivity index (χ0) is 74.4. The lowest BCUT2D eigenvalue weighted by Crippen LogP contribution is -2.30. The van der Waals surface area contributed by atoms with Crippen LogP contribution in [0.15, 0.2) is 0 Å². The summed E-state index contributed by atoms with van der Waals surface area (Å²) in [6, 6.07) is 0. The smallest absolute Gasteiger partial charge is 0.462 e. The van der Waals surface area contributed by atoms with Crippen LogP contribution in [0.25, 0.3) is 0 Å². The van der Waals surface area contributed by atoms with Crippen molar-refractivity contribution >= 4 is 39.5 Å². The van der Waals surface area contributed by atoms with Crippen molar-refractivity contribution < 1.29 is 80.2 Å². The zero-order valence-corrected chi connectivity index (χ0v) is 68.2.